The molecule has 0 fully saturated rings. The summed E-state index contributed by atoms with van der Waals surface area (Å²) in [4.78, 5) is 50.7. The van der Waals surface area contributed by atoms with Gasteiger partial charge in [0.05, 0.1) is 28.9 Å². The molecular weight excluding hydrogens is 606 g/mol. The summed E-state index contributed by atoms with van der Waals surface area (Å²) in [5.74, 6) is 0.610. The molecule has 0 amide bonds. The summed E-state index contributed by atoms with van der Waals surface area (Å²) >= 11 is 0. The summed E-state index contributed by atoms with van der Waals surface area (Å²) < 4.78 is 0. The van der Waals surface area contributed by atoms with Gasteiger partial charge in [-0.05, 0) is 33.7 Å². The fourth-order valence-corrected chi connectivity index (χ4v) is 5.64. The summed E-state index contributed by atoms with van der Waals surface area (Å²) in [5, 5.41) is 12.9. The van der Waals surface area contributed by atoms with E-state index in [0.717, 1.165) is 32.7 Å². The minimum atomic E-state index is -1.05. The minimum Gasteiger partial charge on any atom is -0.478 e. The molecule has 4 aromatic carbocycles. The number of hydrogen-bond donors (Lipinski definition) is 1. The summed E-state index contributed by atoms with van der Waals surface area (Å²) in [7, 11) is 0. The predicted molar refractivity (Wildman–Crippen MR) is 161 cm³/mol. The van der Waals surface area contributed by atoms with Crippen molar-refractivity contribution >= 4 is 50.1 Å². The van der Waals surface area contributed by atoms with Crippen molar-refractivity contribution in [2.24, 2.45) is 0 Å². The summed E-state index contributed by atoms with van der Waals surface area (Å²) in [6.45, 7) is 0. The number of hydrogen-bond acceptors (Lipinski definition) is 7. The van der Waals surface area contributed by atoms with E-state index in [1.807, 2.05) is 72.8 Å². The van der Waals surface area contributed by atoms with Crippen LogP contribution in [-0.4, -0.2) is 41.0 Å². The van der Waals surface area contributed by atoms with Gasteiger partial charge in [-0.15, -0.1) is 0 Å². The Kier molecular flexibility index (Phi) is 5.72. The Labute approximate surface area is 260 Å². The maximum absolute atomic E-state index is 11.9. The Bertz CT molecular complexity index is 2510. The molecule has 0 saturated carbocycles. The van der Waals surface area contributed by atoms with Crippen LogP contribution in [0.15, 0.2) is 91.0 Å². The first-order valence-corrected chi connectivity index (χ1v) is 13.5. The third-order valence-corrected chi connectivity index (χ3v) is 7.67. The Morgan fingerprint density at radius 1 is 0.477 bits per heavy atom. The normalized spacial score (nSPS) is 11.6. The average Bonchev–Trinajstić information content (AvgIpc) is 3.76. The van der Waals surface area contributed by atoms with Gasteiger partial charge in [0.25, 0.3) is 0 Å². The van der Waals surface area contributed by atoms with E-state index in [-0.39, 0.29) is 25.0 Å². The molecule has 0 aliphatic carbocycles. The van der Waals surface area contributed by atoms with Gasteiger partial charge in [-0.1, -0.05) is 78.9 Å². The van der Waals surface area contributed by atoms with Gasteiger partial charge in [-0.25, -0.2) is 14.8 Å². The third kappa shape index (κ3) is 3.87. The van der Waals surface area contributed by atoms with Gasteiger partial charge in [-0.3, -0.25) is 0 Å². The minimum absolute atomic E-state index is 0. The van der Waals surface area contributed by atoms with Crippen LogP contribution in [0.25, 0.3) is 89.7 Å². The first-order valence-electron chi connectivity index (χ1n) is 13.5. The molecule has 0 atom stereocenters. The molecular formula is C33H16N8O2Zn. The van der Waals surface area contributed by atoms with Crippen LogP contribution in [0.5, 0.6) is 0 Å². The van der Waals surface area contributed by atoms with Crippen molar-refractivity contribution in [1.29, 1.82) is 0 Å². The average molecular weight is 622 g/mol. The van der Waals surface area contributed by atoms with Gasteiger partial charge >= 0.3 is 25.4 Å². The van der Waals surface area contributed by atoms with E-state index in [4.69, 9.17) is 39.9 Å². The second-order valence-electron chi connectivity index (χ2n) is 10.2. The zero-order chi connectivity index (χ0) is 28.7. The SMILES string of the molecule is O=C(O)c1ccc2c(c1)-c1nc-2nc2[n-]c(nc3nc(nc4[n-]c(n1)c1ccccc41)-c1ccccc1-3)c1ccccc21.[Zn+2]. The molecule has 2 aliphatic heterocycles. The molecule has 44 heavy (non-hydrogen) atoms. The van der Waals surface area contributed by atoms with Crippen LogP contribution in [0.3, 0.4) is 0 Å². The Morgan fingerprint density at radius 2 is 0.841 bits per heavy atom. The van der Waals surface area contributed by atoms with Gasteiger partial charge in [0.2, 0.25) is 0 Å². The van der Waals surface area contributed by atoms with Crippen molar-refractivity contribution < 1.29 is 29.4 Å². The number of nitrogens with zero attached hydrogens (tertiary/aromatic N) is 8. The Morgan fingerprint density at radius 3 is 1.25 bits per heavy atom. The number of carboxylic acid groups (broad SMARTS) is 1. The van der Waals surface area contributed by atoms with E-state index in [9.17, 15) is 9.90 Å². The van der Waals surface area contributed by atoms with Crippen LogP contribution in [-0.2, 0) is 19.5 Å². The van der Waals surface area contributed by atoms with Crippen molar-refractivity contribution in [3.63, 3.8) is 0 Å². The number of aromatic nitrogens is 8. The molecule has 11 heteroatoms. The zero-order valence-electron chi connectivity index (χ0n) is 22.8. The van der Waals surface area contributed by atoms with Gasteiger partial charge in [0, 0.05) is 44.8 Å². The van der Waals surface area contributed by atoms with Gasteiger partial charge < -0.3 is 35.0 Å². The molecule has 3 aromatic heterocycles. The summed E-state index contributed by atoms with van der Waals surface area (Å²) in [6.07, 6.45) is 0. The number of rotatable bonds is 1. The van der Waals surface area contributed by atoms with Crippen LogP contribution in [0.2, 0.25) is 0 Å². The number of aromatic carboxylic acids is 1. The van der Waals surface area contributed by atoms with E-state index in [2.05, 4.69) is 0 Å². The van der Waals surface area contributed by atoms with E-state index in [0.29, 0.717) is 57.0 Å². The molecule has 7 aromatic rings. The van der Waals surface area contributed by atoms with Crippen LogP contribution >= 0.6 is 0 Å². The maximum atomic E-state index is 11.9. The molecule has 0 saturated heterocycles. The standard InChI is InChI=1S/C33H17N8O2.Zn/c42-33(43)16-13-14-23-24(15-16)32-40-30-22-12-6-5-11-21(22)28(38-30)36-26-18-8-2-1-7-17(18)25(34-26)35-27-19-9-3-4-10-20(19)29(37-27)39-31(23)41-32;/h1-15H,(H2-,34,35,36,37,38,39,40,41,42,43);/q-1;+2/p-1. The van der Waals surface area contributed by atoms with Gasteiger partial charge in [-0.2, -0.15) is 0 Å². The second-order valence-corrected chi connectivity index (χ2v) is 10.2. The Hall–Kier alpha value is -5.67. The first kappa shape index (κ1) is 26.0. The second kappa shape index (κ2) is 9.69. The zero-order valence-corrected chi connectivity index (χ0v) is 25.8. The molecule has 202 valence electrons. The number of fused-ring (bicyclic) bond motifs is 20. The number of benzene rings is 4. The van der Waals surface area contributed by atoms with E-state index in [1.54, 1.807) is 12.1 Å². The molecule has 9 rings (SSSR count). The molecule has 1 N–H and O–H groups in total. The fraction of sp³-hybridized carbons (Fsp3) is 0. The largest absolute Gasteiger partial charge is 2.00 e. The van der Waals surface area contributed by atoms with Crippen LogP contribution in [0, 0.1) is 0 Å². The van der Waals surface area contributed by atoms with Crippen LogP contribution in [0.4, 0.5) is 0 Å². The smallest absolute Gasteiger partial charge is 0.478 e. The van der Waals surface area contributed by atoms with Gasteiger partial charge in [0.1, 0.15) is 0 Å². The summed E-state index contributed by atoms with van der Waals surface area (Å²) in [6, 6.07) is 28.0. The van der Waals surface area contributed by atoms with Crippen LogP contribution in [0.1, 0.15) is 10.4 Å². The molecule has 2 aliphatic rings. The van der Waals surface area contributed by atoms with Crippen LogP contribution < -0.4 is 9.97 Å². The molecule has 5 heterocycles. The van der Waals surface area contributed by atoms with Crippen molar-refractivity contribution in [3.8, 4) is 45.6 Å². The molecule has 0 radical (unpaired) electrons. The third-order valence-electron chi connectivity index (χ3n) is 7.67. The number of carbonyl (C=O) groups is 1. The predicted octanol–water partition coefficient (Wildman–Crippen LogP) is 5.82. The van der Waals surface area contributed by atoms with E-state index in [1.165, 1.54) is 6.07 Å². The van der Waals surface area contributed by atoms with Crippen molar-refractivity contribution in [1.82, 2.24) is 39.9 Å². The first-order chi connectivity index (χ1) is 21.1. The van der Waals surface area contributed by atoms with E-state index >= 15 is 0 Å². The fourth-order valence-electron chi connectivity index (χ4n) is 5.64. The Balaban J connectivity index is 0.00000289. The van der Waals surface area contributed by atoms with Gasteiger partial charge in [0.15, 0.2) is 0 Å². The maximum Gasteiger partial charge on any atom is 2.00 e. The topological polar surface area (TPSA) is 143 Å². The van der Waals surface area contributed by atoms with Crippen molar-refractivity contribution in [3.05, 3.63) is 96.6 Å². The quantitative estimate of drug-likeness (QED) is 0.223. The summed E-state index contributed by atoms with van der Waals surface area (Å²) in [5.41, 5.74) is 4.78. The molecule has 0 unspecified atom stereocenters. The van der Waals surface area contributed by atoms with Crippen molar-refractivity contribution in [2.45, 2.75) is 0 Å². The van der Waals surface area contributed by atoms with Crippen molar-refractivity contribution in [2.75, 3.05) is 0 Å². The number of carboxylic acids is 1. The monoisotopic (exact) mass is 620 g/mol. The van der Waals surface area contributed by atoms with E-state index < -0.39 is 5.97 Å². The molecule has 0 spiro atoms. The molecule has 10 nitrogen and oxygen atoms in total. The molecule has 8 bridgehead atoms.